The fourth-order valence-electron chi connectivity index (χ4n) is 1.70. The minimum atomic E-state index is -1.09. The molecule has 0 unspecified atom stereocenters. The Morgan fingerprint density at radius 2 is 2.22 bits per heavy atom. The second-order valence-corrected chi connectivity index (χ2v) is 3.80. The summed E-state index contributed by atoms with van der Waals surface area (Å²) in [7, 11) is 0. The van der Waals surface area contributed by atoms with Crippen molar-refractivity contribution in [3.05, 3.63) is 48.2 Å². The van der Waals surface area contributed by atoms with Gasteiger partial charge in [-0.25, -0.2) is 14.5 Å². The van der Waals surface area contributed by atoms with Crippen LogP contribution in [0.15, 0.2) is 36.8 Å². The molecule has 0 radical (unpaired) electrons. The molecule has 0 aliphatic heterocycles. The first-order valence-electron chi connectivity index (χ1n) is 5.28. The molecular weight excluding hydrogens is 234 g/mol. The zero-order chi connectivity index (χ0) is 12.5. The van der Waals surface area contributed by atoms with Crippen molar-refractivity contribution in [3.63, 3.8) is 0 Å². The molecule has 3 aromatic heterocycles. The molecule has 0 amide bonds. The van der Waals surface area contributed by atoms with E-state index >= 15 is 0 Å². The highest BCUT2D eigenvalue weighted by molar-refractivity contribution is 5.84. The largest absolute Gasteiger partial charge is 0.476 e. The van der Waals surface area contributed by atoms with Gasteiger partial charge in [-0.15, -0.1) is 5.10 Å². The van der Waals surface area contributed by atoms with Gasteiger partial charge in [0.15, 0.2) is 5.69 Å². The number of hydrogen-bond acceptors (Lipinski definition) is 4. The van der Waals surface area contributed by atoms with Crippen LogP contribution in [0.25, 0.3) is 5.65 Å². The van der Waals surface area contributed by atoms with Gasteiger partial charge in [-0.05, 0) is 12.1 Å². The number of carbonyl (C=O) groups is 1. The minimum Gasteiger partial charge on any atom is -0.476 e. The Bertz CT molecular complexity index is 682. The summed E-state index contributed by atoms with van der Waals surface area (Å²) in [4.78, 5) is 15.1. The number of imidazole rings is 1. The third-order valence-electron chi connectivity index (χ3n) is 2.50. The van der Waals surface area contributed by atoms with E-state index in [1.165, 1.54) is 10.9 Å². The van der Waals surface area contributed by atoms with Gasteiger partial charge in [0.2, 0.25) is 0 Å². The van der Waals surface area contributed by atoms with Crippen LogP contribution in [0.5, 0.6) is 0 Å². The Morgan fingerprint density at radius 1 is 1.33 bits per heavy atom. The Morgan fingerprint density at radius 3 is 2.94 bits per heavy atom. The maximum atomic E-state index is 10.7. The molecule has 0 bridgehead atoms. The quantitative estimate of drug-likeness (QED) is 0.730. The van der Waals surface area contributed by atoms with Crippen molar-refractivity contribution < 1.29 is 9.90 Å². The molecule has 18 heavy (non-hydrogen) atoms. The normalized spacial score (nSPS) is 10.9. The van der Waals surface area contributed by atoms with Crippen LogP contribution in [-0.4, -0.2) is 35.5 Å². The van der Waals surface area contributed by atoms with Crippen LogP contribution in [0.2, 0.25) is 0 Å². The van der Waals surface area contributed by atoms with Crippen LogP contribution in [0.1, 0.15) is 16.2 Å². The Hall–Kier alpha value is -2.70. The second kappa shape index (κ2) is 3.95. The van der Waals surface area contributed by atoms with Crippen LogP contribution in [0.3, 0.4) is 0 Å². The second-order valence-electron chi connectivity index (χ2n) is 3.80. The molecule has 3 heterocycles. The van der Waals surface area contributed by atoms with E-state index in [1.54, 1.807) is 0 Å². The first-order chi connectivity index (χ1) is 8.72. The van der Waals surface area contributed by atoms with Crippen molar-refractivity contribution in [1.82, 2.24) is 24.4 Å². The van der Waals surface area contributed by atoms with Crippen LogP contribution < -0.4 is 0 Å². The number of hydrogen-bond donors (Lipinski definition) is 1. The monoisotopic (exact) mass is 243 g/mol. The molecule has 0 saturated heterocycles. The highest BCUT2D eigenvalue weighted by atomic mass is 16.4. The Kier molecular flexibility index (Phi) is 2.30. The highest BCUT2D eigenvalue weighted by Gasteiger charge is 2.09. The fraction of sp³-hybridized carbons (Fsp3) is 0.0909. The average molecular weight is 243 g/mol. The molecule has 0 saturated carbocycles. The smallest absolute Gasteiger partial charge is 0.358 e. The lowest BCUT2D eigenvalue weighted by Gasteiger charge is -1.93. The zero-order valence-corrected chi connectivity index (χ0v) is 9.26. The van der Waals surface area contributed by atoms with E-state index in [-0.39, 0.29) is 5.69 Å². The topological polar surface area (TPSA) is 85.3 Å². The van der Waals surface area contributed by atoms with Crippen LogP contribution in [-0.2, 0) is 6.54 Å². The SMILES string of the molecule is O=C(O)c1cn(Cc2cn3ccccc3n2)nn1. The average Bonchev–Trinajstić information content (AvgIpc) is 2.94. The third kappa shape index (κ3) is 1.81. The van der Waals surface area contributed by atoms with Gasteiger partial charge in [-0.1, -0.05) is 11.3 Å². The van der Waals surface area contributed by atoms with Gasteiger partial charge >= 0.3 is 5.97 Å². The molecule has 0 fully saturated rings. The summed E-state index contributed by atoms with van der Waals surface area (Å²) in [5.41, 5.74) is 1.56. The summed E-state index contributed by atoms with van der Waals surface area (Å²) in [6.07, 6.45) is 5.15. The molecule has 0 aromatic carbocycles. The van der Waals surface area contributed by atoms with Gasteiger partial charge in [-0.3, -0.25) is 0 Å². The van der Waals surface area contributed by atoms with Gasteiger partial charge in [-0.2, -0.15) is 0 Å². The lowest BCUT2D eigenvalue weighted by atomic mass is 10.4. The summed E-state index contributed by atoms with van der Waals surface area (Å²) in [6.45, 7) is 0.391. The van der Waals surface area contributed by atoms with Crippen LogP contribution >= 0.6 is 0 Å². The molecule has 0 spiro atoms. The van der Waals surface area contributed by atoms with E-state index in [0.29, 0.717) is 6.54 Å². The minimum absolute atomic E-state index is 0.0706. The number of aromatic carboxylic acids is 1. The predicted molar refractivity (Wildman–Crippen MR) is 61.3 cm³/mol. The molecule has 90 valence electrons. The molecule has 3 rings (SSSR count). The Labute approximate surface area is 101 Å². The van der Waals surface area contributed by atoms with Crippen LogP contribution in [0.4, 0.5) is 0 Å². The van der Waals surface area contributed by atoms with Crippen molar-refractivity contribution >= 4 is 11.6 Å². The number of nitrogens with zero attached hydrogens (tertiary/aromatic N) is 5. The van der Waals surface area contributed by atoms with E-state index in [0.717, 1.165) is 11.3 Å². The van der Waals surface area contributed by atoms with E-state index in [4.69, 9.17) is 5.11 Å². The van der Waals surface area contributed by atoms with Gasteiger partial charge in [0.05, 0.1) is 18.4 Å². The number of carboxylic acids is 1. The number of rotatable bonds is 3. The lowest BCUT2D eigenvalue weighted by molar-refractivity contribution is 0.0690. The first-order valence-corrected chi connectivity index (χ1v) is 5.28. The van der Waals surface area contributed by atoms with Crippen molar-refractivity contribution in [2.75, 3.05) is 0 Å². The number of aromatic nitrogens is 5. The molecule has 0 aliphatic carbocycles. The van der Waals surface area contributed by atoms with Gasteiger partial charge in [0, 0.05) is 12.4 Å². The Balaban J connectivity index is 1.88. The molecule has 3 aromatic rings. The van der Waals surface area contributed by atoms with E-state index in [2.05, 4.69) is 15.3 Å². The van der Waals surface area contributed by atoms with E-state index in [9.17, 15) is 4.79 Å². The summed E-state index contributed by atoms with van der Waals surface area (Å²) in [5, 5.41) is 16.0. The molecule has 1 N–H and O–H groups in total. The predicted octanol–water partition coefficient (Wildman–Crippen LogP) is 0.672. The fourth-order valence-corrected chi connectivity index (χ4v) is 1.70. The third-order valence-corrected chi connectivity index (χ3v) is 2.50. The standard InChI is InChI=1S/C11H9N5O2/c17-11(18)9-7-16(14-13-9)6-8-5-15-4-2-1-3-10(15)12-8/h1-5,7H,6H2,(H,17,18). The van der Waals surface area contributed by atoms with Crippen molar-refractivity contribution in [2.24, 2.45) is 0 Å². The molecule has 0 aliphatic rings. The van der Waals surface area contributed by atoms with E-state index in [1.807, 2.05) is 35.0 Å². The van der Waals surface area contributed by atoms with Crippen molar-refractivity contribution in [1.29, 1.82) is 0 Å². The number of carboxylic acid groups (broad SMARTS) is 1. The lowest BCUT2D eigenvalue weighted by Crippen LogP contribution is -2.00. The van der Waals surface area contributed by atoms with Crippen molar-refractivity contribution in [3.8, 4) is 0 Å². The van der Waals surface area contributed by atoms with Crippen molar-refractivity contribution in [2.45, 2.75) is 6.54 Å². The van der Waals surface area contributed by atoms with Crippen LogP contribution in [0, 0.1) is 0 Å². The maximum Gasteiger partial charge on any atom is 0.358 e. The highest BCUT2D eigenvalue weighted by Crippen LogP contribution is 2.06. The first kappa shape index (κ1) is 10.5. The summed E-state index contributed by atoms with van der Waals surface area (Å²) < 4.78 is 3.34. The molecule has 7 heteroatoms. The molecular formula is C11H9N5O2. The zero-order valence-electron chi connectivity index (χ0n) is 9.26. The van der Waals surface area contributed by atoms with Gasteiger partial charge in [0.1, 0.15) is 5.65 Å². The summed E-state index contributed by atoms with van der Waals surface area (Å²) in [6, 6.07) is 5.72. The van der Waals surface area contributed by atoms with Gasteiger partial charge in [0.25, 0.3) is 0 Å². The summed E-state index contributed by atoms with van der Waals surface area (Å²) >= 11 is 0. The summed E-state index contributed by atoms with van der Waals surface area (Å²) in [5.74, 6) is -1.09. The molecule has 7 nitrogen and oxygen atoms in total. The molecule has 0 atom stereocenters. The van der Waals surface area contributed by atoms with Gasteiger partial charge < -0.3 is 9.51 Å². The maximum absolute atomic E-state index is 10.7. The number of fused-ring (bicyclic) bond motifs is 1. The number of pyridine rings is 1. The van der Waals surface area contributed by atoms with E-state index < -0.39 is 5.97 Å².